The molecule has 418 valence electrons. The normalized spacial score (nSPS) is 15.4. The molecule has 0 saturated heterocycles. The zero-order chi connectivity index (χ0) is 54.1. The highest BCUT2D eigenvalue weighted by Gasteiger charge is 2.44. The first-order chi connectivity index (χ1) is 37.6. The summed E-state index contributed by atoms with van der Waals surface area (Å²) in [6, 6.07) is 32.8. The number of rotatable bonds is 33. The van der Waals surface area contributed by atoms with Crippen LogP contribution < -0.4 is 27.5 Å². The Labute approximate surface area is 468 Å². The number of carbonyl (C=O) groups excluding carboxylic acids is 2. The van der Waals surface area contributed by atoms with E-state index in [1.165, 1.54) is 33.9 Å². The van der Waals surface area contributed by atoms with Gasteiger partial charge in [-0.3, -0.25) is 9.59 Å². The van der Waals surface area contributed by atoms with Crippen LogP contribution in [0.15, 0.2) is 133 Å². The second-order valence-electron chi connectivity index (χ2n) is 19.8. The van der Waals surface area contributed by atoms with Crippen LogP contribution in [-0.2, 0) is 64.9 Å². The van der Waals surface area contributed by atoms with Crippen molar-refractivity contribution in [3.05, 3.63) is 161 Å². The zero-order valence-electron chi connectivity index (χ0n) is 46.3. The van der Waals surface area contributed by atoms with Gasteiger partial charge in [0.1, 0.15) is 6.61 Å². The van der Waals surface area contributed by atoms with Gasteiger partial charge in [0.05, 0.1) is 110 Å². The van der Waals surface area contributed by atoms with Crippen LogP contribution in [0.2, 0.25) is 0 Å². The van der Waals surface area contributed by atoms with Crippen molar-refractivity contribution >= 4 is 34.6 Å². The van der Waals surface area contributed by atoms with E-state index < -0.39 is 0 Å². The van der Waals surface area contributed by atoms with Gasteiger partial charge in [0.15, 0.2) is 12.3 Å². The highest BCUT2D eigenvalue weighted by Crippen LogP contribution is 2.47. The van der Waals surface area contributed by atoms with Gasteiger partial charge in [-0.25, -0.2) is 0 Å². The van der Waals surface area contributed by atoms with Crippen molar-refractivity contribution < 1.29 is 64.5 Å². The number of allylic oxidation sites excluding steroid dienone is 6. The Morgan fingerprint density at radius 1 is 0.590 bits per heavy atom. The number of carbonyl (C=O) groups is 2. The highest BCUT2D eigenvalue weighted by molar-refractivity contribution is 6.03. The summed E-state index contributed by atoms with van der Waals surface area (Å²) in [5, 5.41) is 2.85. The lowest BCUT2D eigenvalue weighted by atomic mass is 9.81. The maximum atomic E-state index is 13.4. The number of nitrogens with zero attached hydrogens (tertiary/aromatic N) is 3. The molecule has 0 spiro atoms. The summed E-state index contributed by atoms with van der Waals surface area (Å²) in [4.78, 5) is 30.1. The summed E-state index contributed by atoms with van der Waals surface area (Å²) in [5.74, 6) is 6.20. The van der Waals surface area contributed by atoms with E-state index in [-0.39, 0.29) is 61.0 Å². The van der Waals surface area contributed by atoms with E-state index in [0.717, 1.165) is 28.9 Å². The molecule has 3 heterocycles. The molecular weight excluding hydrogens is 1010 g/mol. The molecular formula is C63H79ClN4O10. The number of nitrogens with one attached hydrogen (secondary N) is 1. The van der Waals surface area contributed by atoms with E-state index in [9.17, 15) is 9.59 Å². The monoisotopic (exact) mass is 1090 g/mol. The number of methoxy groups -OCH3 is 1. The Balaban J connectivity index is 0.00000984. The van der Waals surface area contributed by atoms with Crippen LogP contribution >= 0.6 is 0 Å². The van der Waals surface area contributed by atoms with Gasteiger partial charge in [-0.1, -0.05) is 111 Å². The van der Waals surface area contributed by atoms with Crippen molar-refractivity contribution in [3.8, 4) is 11.8 Å². The molecule has 0 aliphatic carbocycles. The van der Waals surface area contributed by atoms with Crippen molar-refractivity contribution in [1.29, 1.82) is 0 Å². The predicted octanol–water partition coefficient (Wildman–Crippen LogP) is 5.47. The van der Waals surface area contributed by atoms with Crippen molar-refractivity contribution in [1.82, 2.24) is 5.32 Å². The first-order valence-corrected chi connectivity index (χ1v) is 27.1. The van der Waals surface area contributed by atoms with Crippen molar-refractivity contribution in [3.63, 3.8) is 0 Å². The molecule has 0 radical (unpaired) electrons. The molecule has 14 nitrogen and oxygen atoms in total. The Morgan fingerprint density at radius 3 is 1.83 bits per heavy atom. The summed E-state index contributed by atoms with van der Waals surface area (Å²) < 4.78 is 47.7. The molecule has 4 aromatic carbocycles. The minimum atomic E-state index is -0.188. The number of hydrogen-bond donors (Lipinski definition) is 1. The lowest BCUT2D eigenvalue weighted by Crippen LogP contribution is -3.00. The van der Waals surface area contributed by atoms with Gasteiger partial charge in [-0.2, -0.15) is 4.58 Å². The summed E-state index contributed by atoms with van der Waals surface area (Å²) in [7, 11) is 1.66. The number of amides is 2. The third-order valence-corrected chi connectivity index (χ3v) is 13.8. The molecule has 1 N–H and O–H groups in total. The fourth-order valence-electron chi connectivity index (χ4n) is 9.78. The number of hydrogen-bond acceptors (Lipinski definition) is 11. The molecule has 0 atom stereocenters. The van der Waals surface area contributed by atoms with Crippen molar-refractivity contribution in [2.45, 2.75) is 57.9 Å². The lowest BCUT2D eigenvalue weighted by molar-refractivity contribution is -0.442. The maximum absolute atomic E-state index is 13.4. The van der Waals surface area contributed by atoms with E-state index in [1.807, 2.05) is 48.5 Å². The fraction of sp³-hybridized carbons (Fsp3) is 0.444. The number of para-hydroxylation sites is 3. The van der Waals surface area contributed by atoms with Gasteiger partial charge in [0.25, 0.3) is 0 Å². The minimum Gasteiger partial charge on any atom is -1.00 e. The van der Waals surface area contributed by atoms with E-state index in [4.69, 9.17) is 37.9 Å². The largest absolute Gasteiger partial charge is 1.00 e. The second-order valence-corrected chi connectivity index (χ2v) is 19.8. The third kappa shape index (κ3) is 17.3. The topological polar surface area (TPSA) is 130 Å². The molecule has 3 aliphatic heterocycles. The highest BCUT2D eigenvalue weighted by atomic mass is 35.5. The number of benzene rings is 4. The van der Waals surface area contributed by atoms with Crippen molar-refractivity contribution in [2.75, 3.05) is 136 Å². The average molecular weight is 1090 g/mol. The Bertz CT molecular complexity index is 2740. The van der Waals surface area contributed by atoms with Gasteiger partial charge in [-0.15, -0.1) is 0 Å². The first-order valence-electron chi connectivity index (χ1n) is 27.1. The molecule has 7 rings (SSSR count). The van der Waals surface area contributed by atoms with Crippen LogP contribution in [0.5, 0.6) is 0 Å². The minimum absolute atomic E-state index is 0. The van der Waals surface area contributed by atoms with Crippen LogP contribution in [0.25, 0.3) is 0 Å². The van der Waals surface area contributed by atoms with Crippen LogP contribution in [-0.4, -0.2) is 148 Å². The first kappa shape index (κ1) is 61.3. The molecule has 2 amide bonds. The van der Waals surface area contributed by atoms with Crippen LogP contribution in [0, 0.1) is 11.8 Å². The molecule has 78 heavy (non-hydrogen) atoms. The zero-order valence-corrected chi connectivity index (χ0v) is 47.0. The average Bonchev–Trinajstić information content (AvgIpc) is 3.86. The van der Waals surface area contributed by atoms with Crippen LogP contribution in [0.3, 0.4) is 0 Å². The SMILES string of the molecule is COCCOCCOCCOCC[N+]1=C(/C=C/C=C/C=C2N(CCOCCOCCOCCOCCC(=O)NCCC(=O)N3Cc4ccccc4C#Cc4ccccc43)c3ccccc3C2(C)C)C(C)(C)c2ccccc21.[Cl-]. The summed E-state index contributed by atoms with van der Waals surface area (Å²) in [6.45, 7) is 18.4. The molecule has 0 fully saturated rings. The van der Waals surface area contributed by atoms with Gasteiger partial charge >= 0.3 is 0 Å². The Morgan fingerprint density at radius 2 is 1.14 bits per heavy atom. The predicted molar refractivity (Wildman–Crippen MR) is 302 cm³/mol. The number of fused-ring (bicyclic) bond motifs is 4. The molecule has 4 aromatic rings. The number of ether oxygens (including phenoxy) is 8. The molecule has 15 heteroatoms. The molecule has 0 saturated carbocycles. The van der Waals surface area contributed by atoms with E-state index >= 15 is 0 Å². The van der Waals surface area contributed by atoms with Crippen molar-refractivity contribution in [2.24, 2.45) is 0 Å². The third-order valence-electron chi connectivity index (χ3n) is 13.8. The summed E-state index contributed by atoms with van der Waals surface area (Å²) in [6.07, 6.45) is 11.2. The number of halogens is 1. The maximum Gasteiger partial charge on any atom is 0.229 e. The summed E-state index contributed by atoms with van der Waals surface area (Å²) >= 11 is 0. The lowest BCUT2D eigenvalue weighted by Gasteiger charge is -2.27. The number of anilines is 2. The molecule has 3 aliphatic rings. The van der Waals surface area contributed by atoms with E-state index in [0.29, 0.717) is 106 Å². The summed E-state index contributed by atoms with van der Waals surface area (Å²) in [5.41, 5.74) is 10.6. The fourth-order valence-corrected chi connectivity index (χ4v) is 9.78. The van der Waals surface area contributed by atoms with E-state index in [1.54, 1.807) is 12.0 Å². The smallest absolute Gasteiger partial charge is 0.229 e. The Hall–Kier alpha value is -5.96. The van der Waals surface area contributed by atoms with Gasteiger partial charge in [0.2, 0.25) is 17.5 Å². The van der Waals surface area contributed by atoms with E-state index in [2.05, 4.69) is 133 Å². The van der Waals surface area contributed by atoms with Crippen LogP contribution in [0.1, 0.15) is 68.4 Å². The van der Waals surface area contributed by atoms with Gasteiger partial charge in [0, 0.05) is 78.7 Å². The van der Waals surface area contributed by atoms with Crippen LogP contribution in [0.4, 0.5) is 17.1 Å². The second kappa shape index (κ2) is 32.2. The molecule has 0 aromatic heterocycles. The quantitative estimate of drug-likeness (QED) is 0.0283. The Kier molecular flexibility index (Phi) is 25.3. The molecule has 0 unspecified atom stereocenters. The molecule has 0 bridgehead atoms. The standard InChI is InChI=1S/C63H78N4O10.ClH/c1-62(2)53-20-12-15-23-56(53)65(32-35-72-40-43-76-46-45-74-38-37-70-5)58(62)25-7-6-8-26-59-63(3,4)54-21-13-16-24-57(54)66(59)33-36-73-41-44-77-48-47-75-42-39-71-34-30-60(68)64-31-29-61(69)67-49-52-19-10-9-17-50(52)27-28-51-18-11-14-22-55(51)67;/h6-26H,29-49H2,1-5H3;1H. The van der Waals surface area contributed by atoms with Gasteiger partial charge < -0.3 is 65.4 Å². The van der Waals surface area contributed by atoms with Gasteiger partial charge in [-0.05, 0) is 55.3 Å².